The number of hydrogen-bond acceptors (Lipinski definition) is 2. The van der Waals surface area contributed by atoms with E-state index in [9.17, 15) is 4.79 Å². The van der Waals surface area contributed by atoms with E-state index < -0.39 is 0 Å². The predicted molar refractivity (Wildman–Crippen MR) is 50.6 cm³/mol. The molecule has 0 saturated heterocycles. The highest BCUT2D eigenvalue weighted by Gasteiger charge is 2.02. The van der Waals surface area contributed by atoms with Crippen molar-refractivity contribution in [3.05, 3.63) is 18.4 Å². The van der Waals surface area contributed by atoms with Crippen molar-refractivity contribution in [3.8, 4) is 0 Å². The van der Waals surface area contributed by atoms with Crippen molar-refractivity contribution >= 4 is 11.9 Å². The van der Waals surface area contributed by atoms with E-state index >= 15 is 0 Å². The van der Waals surface area contributed by atoms with Crippen molar-refractivity contribution in [1.82, 2.24) is 5.32 Å². The Kier molecular flexibility index (Phi) is 3.37. The molecule has 0 saturated carbocycles. The predicted octanol–water partition coefficient (Wildman–Crippen LogP) is 2.06. The van der Waals surface area contributed by atoms with Crippen molar-refractivity contribution < 1.29 is 9.21 Å². The molecule has 1 aromatic heterocycles. The number of carbonyl (C=O) groups excluding carboxylic acids is 1. The van der Waals surface area contributed by atoms with Crippen LogP contribution in [0, 0.1) is 5.92 Å². The number of furan rings is 1. The molecule has 0 radical (unpaired) electrons. The van der Waals surface area contributed by atoms with Gasteiger partial charge in [0.15, 0.2) is 0 Å². The molecule has 1 heterocycles. The van der Waals surface area contributed by atoms with Crippen molar-refractivity contribution in [2.24, 2.45) is 5.92 Å². The van der Waals surface area contributed by atoms with E-state index in [1.54, 1.807) is 12.1 Å². The Morgan fingerprint density at radius 3 is 2.92 bits per heavy atom. The number of amides is 2. The van der Waals surface area contributed by atoms with E-state index in [1.807, 2.05) is 13.8 Å². The van der Waals surface area contributed by atoms with E-state index in [0.717, 1.165) is 0 Å². The average Bonchev–Trinajstić information content (AvgIpc) is 2.53. The quantitative estimate of drug-likeness (QED) is 0.751. The van der Waals surface area contributed by atoms with Crippen molar-refractivity contribution in [2.75, 3.05) is 11.9 Å². The minimum absolute atomic E-state index is 0.233. The largest absolute Gasteiger partial charge is 0.449 e. The zero-order valence-corrected chi connectivity index (χ0v) is 7.83. The van der Waals surface area contributed by atoms with Crippen molar-refractivity contribution in [1.29, 1.82) is 0 Å². The third-order valence-electron chi connectivity index (χ3n) is 1.43. The van der Waals surface area contributed by atoms with Gasteiger partial charge in [-0.2, -0.15) is 0 Å². The first kappa shape index (κ1) is 9.64. The number of carbonyl (C=O) groups is 1. The molecule has 13 heavy (non-hydrogen) atoms. The topological polar surface area (TPSA) is 54.3 Å². The van der Waals surface area contributed by atoms with Gasteiger partial charge in [-0.1, -0.05) is 13.8 Å². The highest BCUT2D eigenvalue weighted by molar-refractivity contribution is 5.87. The van der Waals surface area contributed by atoms with Gasteiger partial charge in [0.1, 0.15) is 0 Å². The van der Waals surface area contributed by atoms with Gasteiger partial charge in [0, 0.05) is 12.6 Å². The van der Waals surface area contributed by atoms with Crippen LogP contribution in [0.15, 0.2) is 22.8 Å². The summed E-state index contributed by atoms with van der Waals surface area (Å²) in [4.78, 5) is 11.1. The summed E-state index contributed by atoms with van der Waals surface area (Å²) in [5, 5.41) is 5.27. The number of rotatable bonds is 3. The Morgan fingerprint density at radius 1 is 1.62 bits per heavy atom. The molecule has 0 aliphatic carbocycles. The summed E-state index contributed by atoms with van der Waals surface area (Å²) in [7, 11) is 0. The molecule has 4 nitrogen and oxygen atoms in total. The standard InChI is InChI=1S/C9H14N2O2/c1-7(2)6-10-9(12)11-8-4-3-5-13-8/h3-5,7H,6H2,1-2H3,(H2,10,11,12). The van der Waals surface area contributed by atoms with E-state index in [-0.39, 0.29) is 6.03 Å². The van der Waals surface area contributed by atoms with Crippen LogP contribution in [-0.2, 0) is 0 Å². The van der Waals surface area contributed by atoms with Crippen LogP contribution in [0.1, 0.15) is 13.8 Å². The van der Waals surface area contributed by atoms with Crippen LogP contribution in [0.5, 0.6) is 0 Å². The zero-order valence-electron chi connectivity index (χ0n) is 7.83. The fourth-order valence-electron chi connectivity index (χ4n) is 0.803. The summed E-state index contributed by atoms with van der Waals surface area (Å²) in [6, 6.07) is 3.18. The van der Waals surface area contributed by atoms with Crippen molar-refractivity contribution in [2.45, 2.75) is 13.8 Å². The summed E-state index contributed by atoms with van der Waals surface area (Å²) < 4.78 is 4.94. The Bertz CT molecular complexity index is 255. The second kappa shape index (κ2) is 4.54. The average molecular weight is 182 g/mol. The molecular formula is C9H14N2O2. The van der Waals surface area contributed by atoms with Crippen LogP contribution < -0.4 is 10.6 Å². The maximum Gasteiger partial charge on any atom is 0.321 e. The lowest BCUT2D eigenvalue weighted by Gasteiger charge is -2.07. The van der Waals surface area contributed by atoms with Crippen LogP contribution in [0.3, 0.4) is 0 Å². The Balaban J connectivity index is 2.26. The van der Waals surface area contributed by atoms with E-state index in [1.165, 1.54) is 6.26 Å². The summed E-state index contributed by atoms with van der Waals surface area (Å²) in [5.74, 6) is 0.906. The summed E-state index contributed by atoms with van der Waals surface area (Å²) in [6.07, 6.45) is 1.51. The summed E-state index contributed by atoms with van der Waals surface area (Å²) in [6.45, 7) is 4.73. The second-order valence-electron chi connectivity index (χ2n) is 3.21. The molecule has 0 fully saturated rings. The van der Waals surface area contributed by atoms with Crippen LogP contribution in [0.4, 0.5) is 10.7 Å². The maximum absolute atomic E-state index is 11.1. The molecule has 0 atom stereocenters. The Hall–Kier alpha value is -1.45. The molecule has 0 aliphatic rings. The van der Waals surface area contributed by atoms with Gasteiger partial charge in [-0.25, -0.2) is 4.79 Å². The molecule has 1 aromatic rings. The van der Waals surface area contributed by atoms with Crippen LogP contribution >= 0.6 is 0 Å². The van der Waals surface area contributed by atoms with Gasteiger partial charge in [-0.3, -0.25) is 5.32 Å². The molecule has 72 valence electrons. The lowest BCUT2D eigenvalue weighted by Crippen LogP contribution is -2.31. The number of anilines is 1. The van der Waals surface area contributed by atoms with Crippen LogP contribution in [-0.4, -0.2) is 12.6 Å². The lowest BCUT2D eigenvalue weighted by molar-refractivity contribution is 0.250. The molecule has 2 amide bonds. The highest BCUT2D eigenvalue weighted by atomic mass is 16.3. The summed E-state index contributed by atoms with van der Waals surface area (Å²) >= 11 is 0. The molecular weight excluding hydrogens is 168 g/mol. The summed E-state index contributed by atoms with van der Waals surface area (Å²) in [5.41, 5.74) is 0. The fourth-order valence-corrected chi connectivity index (χ4v) is 0.803. The van der Waals surface area contributed by atoms with E-state index in [4.69, 9.17) is 4.42 Å². The third kappa shape index (κ3) is 3.64. The minimum atomic E-state index is -0.233. The van der Waals surface area contributed by atoms with Gasteiger partial charge in [-0.05, 0) is 12.0 Å². The fraction of sp³-hybridized carbons (Fsp3) is 0.444. The molecule has 1 rings (SSSR count). The second-order valence-corrected chi connectivity index (χ2v) is 3.21. The van der Waals surface area contributed by atoms with E-state index in [2.05, 4.69) is 10.6 Å². The third-order valence-corrected chi connectivity index (χ3v) is 1.43. The number of urea groups is 1. The highest BCUT2D eigenvalue weighted by Crippen LogP contribution is 2.05. The first-order valence-electron chi connectivity index (χ1n) is 4.27. The van der Waals surface area contributed by atoms with Crippen LogP contribution in [0.2, 0.25) is 0 Å². The Morgan fingerprint density at radius 2 is 2.38 bits per heavy atom. The Labute approximate surface area is 77.3 Å². The molecule has 0 aromatic carbocycles. The maximum atomic E-state index is 11.1. The zero-order chi connectivity index (χ0) is 9.68. The van der Waals surface area contributed by atoms with Crippen LogP contribution in [0.25, 0.3) is 0 Å². The first-order valence-corrected chi connectivity index (χ1v) is 4.27. The molecule has 0 bridgehead atoms. The SMILES string of the molecule is CC(C)CNC(=O)Nc1ccco1. The molecule has 4 heteroatoms. The monoisotopic (exact) mass is 182 g/mol. The molecule has 0 spiro atoms. The van der Waals surface area contributed by atoms with E-state index in [0.29, 0.717) is 18.3 Å². The van der Waals surface area contributed by atoms with Gasteiger partial charge >= 0.3 is 6.03 Å². The van der Waals surface area contributed by atoms with Gasteiger partial charge in [0.05, 0.1) is 6.26 Å². The molecule has 0 aliphatic heterocycles. The van der Waals surface area contributed by atoms with Gasteiger partial charge in [-0.15, -0.1) is 0 Å². The smallest absolute Gasteiger partial charge is 0.321 e. The molecule has 2 N–H and O–H groups in total. The number of nitrogens with one attached hydrogen (secondary N) is 2. The normalized spacial score (nSPS) is 10.1. The van der Waals surface area contributed by atoms with Crippen molar-refractivity contribution in [3.63, 3.8) is 0 Å². The molecule has 0 unspecified atom stereocenters. The van der Waals surface area contributed by atoms with Gasteiger partial charge < -0.3 is 9.73 Å². The number of hydrogen-bond donors (Lipinski definition) is 2. The van der Waals surface area contributed by atoms with Gasteiger partial charge in [0.25, 0.3) is 0 Å². The first-order chi connectivity index (χ1) is 6.18. The van der Waals surface area contributed by atoms with Gasteiger partial charge in [0.2, 0.25) is 5.88 Å². The minimum Gasteiger partial charge on any atom is -0.449 e. The lowest BCUT2D eigenvalue weighted by atomic mass is 10.2.